The molecule has 1 atom stereocenters. The van der Waals surface area contributed by atoms with Gasteiger partial charge in [0, 0.05) is 6.04 Å². The third-order valence-electron chi connectivity index (χ3n) is 4.67. The number of benzene rings is 1. The van der Waals surface area contributed by atoms with E-state index in [2.05, 4.69) is 10.6 Å². The standard InChI is InChI=1S/C20H30N2O2/c1-15(2)19(20(24)21-17-12-8-3-4-9-13-17)22-18(23)14-16-10-6-5-7-11-16/h5-7,10-11,15,17,19H,3-4,8-9,12-14H2,1-2H3,(H,21,24)(H,22,23). The predicted molar refractivity (Wildman–Crippen MR) is 96.5 cm³/mol. The molecule has 2 rings (SSSR count). The molecule has 0 saturated heterocycles. The first-order valence-corrected chi connectivity index (χ1v) is 9.20. The van der Waals surface area contributed by atoms with Crippen molar-refractivity contribution < 1.29 is 9.59 Å². The van der Waals surface area contributed by atoms with Gasteiger partial charge >= 0.3 is 0 Å². The van der Waals surface area contributed by atoms with Crippen molar-refractivity contribution in [2.45, 2.75) is 70.9 Å². The molecule has 1 unspecified atom stereocenters. The molecule has 1 saturated carbocycles. The van der Waals surface area contributed by atoms with Crippen LogP contribution in [0.3, 0.4) is 0 Å². The van der Waals surface area contributed by atoms with Crippen molar-refractivity contribution in [1.29, 1.82) is 0 Å². The van der Waals surface area contributed by atoms with E-state index >= 15 is 0 Å². The van der Waals surface area contributed by atoms with E-state index < -0.39 is 6.04 Å². The van der Waals surface area contributed by atoms with E-state index in [1.54, 1.807) is 0 Å². The minimum atomic E-state index is -0.468. The maximum absolute atomic E-state index is 12.6. The molecule has 2 N–H and O–H groups in total. The van der Waals surface area contributed by atoms with Crippen LogP contribution < -0.4 is 10.6 Å². The molecule has 4 nitrogen and oxygen atoms in total. The van der Waals surface area contributed by atoms with Gasteiger partial charge in [-0.2, -0.15) is 0 Å². The van der Waals surface area contributed by atoms with Crippen molar-refractivity contribution in [2.75, 3.05) is 0 Å². The highest BCUT2D eigenvalue weighted by molar-refractivity contribution is 5.88. The van der Waals surface area contributed by atoms with Gasteiger partial charge in [0.2, 0.25) is 11.8 Å². The smallest absolute Gasteiger partial charge is 0.243 e. The van der Waals surface area contributed by atoms with Crippen LogP contribution in [0.2, 0.25) is 0 Å². The average Bonchev–Trinajstić information content (AvgIpc) is 2.82. The fourth-order valence-electron chi connectivity index (χ4n) is 3.26. The molecule has 4 heteroatoms. The monoisotopic (exact) mass is 330 g/mol. The van der Waals surface area contributed by atoms with Gasteiger partial charge in [0.15, 0.2) is 0 Å². The highest BCUT2D eigenvalue weighted by Gasteiger charge is 2.26. The first kappa shape index (κ1) is 18.5. The van der Waals surface area contributed by atoms with Crippen LogP contribution in [0.25, 0.3) is 0 Å². The zero-order valence-electron chi connectivity index (χ0n) is 14.9. The predicted octanol–water partition coefficient (Wildman–Crippen LogP) is 3.21. The second-order valence-corrected chi connectivity index (χ2v) is 7.15. The summed E-state index contributed by atoms with van der Waals surface area (Å²) in [5, 5.41) is 6.07. The Morgan fingerprint density at radius 2 is 1.67 bits per heavy atom. The van der Waals surface area contributed by atoms with Gasteiger partial charge in [0.05, 0.1) is 6.42 Å². The lowest BCUT2D eigenvalue weighted by Gasteiger charge is -2.25. The SMILES string of the molecule is CC(C)C(NC(=O)Cc1ccccc1)C(=O)NC1CCCCCC1. The van der Waals surface area contributed by atoms with E-state index in [0.717, 1.165) is 18.4 Å². The van der Waals surface area contributed by atoms with Crippen LogP contribution in [0, 0.1) is 5.92 Å². The Balaban J connectivity index is 1.90. The Labute approximate surface area is 145 Å². The number of hydrogen-bond acceptors (Lipinski definition) is 2. The van der Waals surface area contributed by atoms with Crippen molar-refractivity contribution in [3.05, 3.63) is 35.9 Å². The van der Waals surface area contributed by atoms with Gasteiger partial charge in [-0.15, -0.1) is 0 Å². The lowest BCUT2D eigenvalue weighted by Crippen LogP contribution is -2.52. The zero-order chi connectivity index (χ0) is 17.4. The van der Waals surface area contributed by atoms with Crippen LogP contribution in [0.1, 0.15) is 57.9 Å². The summed E-state index contributed by atoms with van der Waals surface area (Å²) in [5.74, 6) is -0.0790. The van der Waals surface area contributed by atoms with Gasteiger partial charge < -0.3 is 10.6 Å². The number of rotatable bonds is 6. The minimum absolute atomic E-state index is 0.0432. The Morgan fingerprint density at radius 3 is 2.25 bits per heavy atom. The third kappa shape index (κ3) is 5.99. The van der Waals surface area contributed by atoms with Crippen LogP contribution in [0.4, 0.5) is 0 Å². The molecule has 132 valence electrons. The highest BCUT2D eigenvalue weighted by Crippen LogP contribution is 2.17. The molecule has 0 bridgehead atoms. The second kappa shape index (κ2) is 9.45. The molecule has 0 aliphatic heterocycles. The molecular weight excluding hydrogens is 300 g/mol. The summed E-state index contributed by atoms with van der Waals surface area (Å²) >= 11 is 0. The Morgan fingerprint density at radius 1 is 1.04 bits per heavy atom. The second-order valence-electron chi connectivity index (χ2n) is 7.15. The van der Waals surface area contributed by atoms with Crippen molar-refractivity contribution in [2.24, 2.45) is 5.92 Å². The Bertz CT molecular complexity index is 520. The lowest BCUT2D eigenvalue weighted by molar-refractivity contribution is -0.130. The Kier molecular flexibility index (Phi) is 7.29. The number of nitrogens with one attached hydrogen (secondary N) is 2. The molecule has 1 aromatic rings. The topological polar surface area (TPSA) is 58.2 Å². The normalized spacial score (nSPS) is 17.1. The first-order valence-electron chi connectivity index (χ1n) is 9.20. The van der Waals surface area contributed by atoms with Gasteiger partial charge in [0.25, 0.3) is 0 Å². The van der Waals surface area contributed by atoms with Gasteiger partial charge in [-0.1, -0.05) is 69.9 Å². The van der Waals surface area contributed by atoms with Crippen molar-refractivity contribution in [1.82, 2.24) is 10.6 Å². The molecule has 0 heterocycles. The summed E-state index contributed by atoms with van der Waals surface area (Å²) in [4.78, 5) is 24.9. The maximum atomic E-state index is 12.6. The number of carbonyl (C=O) groups is 2. The Hall–Kier alpha value is -1.84. The van der Waals surface area contributed by atoms with Crippen LogP contribution in [0.15, 0.2) is 30.3 Å². The van der Waals surface area contributed by atoms with Crippen LogP contribution in [0.5, 0.6) is 0 Å². The van der Waals surface area contributed by atoms with Gasteiger partial charge in [-0.3, -0.25) is 9.59 Å². The van der Waals surface area contributed by atoms with E-state index in [4.69, 9.17) is 0 Å². The molecule has 0 radical (unpaired) electrons. The summed E-state index contributed by atoms with van der Waals surface area (Å²) in [6.07, 6.45) is 7.28. The maximum Gasteiger partial charge on any atom is 0.243 e. The number of carbonyl (C=O) groups excluding carboxylic acids is 2. The molecule has 1 aliphatic carbocycles. The number of amides is 2. The van der Waals surface area contributed by atoms with Crippen molar-refractivity contribution >= 4 is 11.8 Å². The quantitative estimate of drug-likeness (QED) is 0.787. The summed E-state index contributed by atoms with van der Waals surface area (Å²) in [5.41, 5.74) is 0.960. The first-order chi connectivity index (χ1) is 11.6. The number of hydrogen-bond donors (Lipinski definition) is 2. The van der Waals surface area contributed by atoms with Gasteiger partial charge in [0.1, 0.15) is 6.04 Å². The molecule has 1 fully saturated rings. The van der Waals surface area contributed by atoms with E-state index in [1.807, 2.05) is 44.2 Å². The molecular formula is C20H30N2O2. The van der Waals surface area contributed by atoms with Crippen LogP contribution in [-0.2, 0) is 16.0 Å². The van der Waals surface area contributed by atoms with E-state index in [9.17, 15) is 9.59 Å². The summed E-state index contributed by atoms with van der Waals surface area (Å²) in [7, 11) is 0. The molecule has 1 aliphatic rings. The van der Waals surface area contributed by atoms with Crippen LogP contribution >= 0.6 is 0 Å². The fourth-order valence-corrected chi connectivity index (χ4v) is 3.26. The summed E-state index contributed by atoms with van der Waals surface area (Å²) in [6, 6.07) is 9.41. The minimum Gasteiger partial charge on any atom is -0.352 e. The lowest BCUT2D eigenvalue weighted by atomic mass is 10.0. The molecule has 1 aromatic carbocycles. The third-order valence-corrected chi connectivity index (χ3v) is 4.67. The zero-order valence-corrected chi connectivity index (χ0v) is 14.9. The van der Waals surface area contributed by atoms with Gasteiger partial charge in [-0.25, -0.2) is 0 Å². The van der Waals surface area contributed by atoms with Crippen LogP contribution in [-0.4, -0.2) is 23.9 Å². The fraction of sp³-hybridized carbons (Fsp3) is 0.600. The van der Waals surface area contributed by atoms with Gasteiger partial charge in [-0.05, 0) is 24.3 Å². The van der Waals surface area contributed by atoms with E-state index in [1.165, 1.54) is 25.7 Å². The van der Waals surface area contributed by atoms with Crippen molar-refractivity contribution in [3.8, 4) is 0 Å². The molecule has 24 heavy (non-hydrogen) atoms. The average molecular weight is 330 g/mol. The summed E-state index contributed by atoms with van der Waals surface area (Å²) in [6.45, 7) is 3.94. The van der Waals surface area contributed by atoms with E-state index in [0.29, 0.717) is 6.42 Å². The molecule has 0 spiro atoms. The summed E-state index contributed by atoms with van der Waals surface area (Å²) < 4.78 is 0. The highest BCUT2D eigenvalue weighted by atomic mass is 16.2. The molecule has 2 amide bonds. The molecule has 0 aromatic heterocycles. The van der Waals surface area contributed by atoms with E-state index in [-0.39, 0.29) is 23.8 Å². The largest absolute Gasteiger partial charge is 0.352 e. The van der Waals surface area contributed by atoms with Crippen molar-refractivity contribution in [3.63, 3.8) is 0 Å².